The highest BCUT2D eigenvalue weighted by atomic mass is 16.8. The molecule has 0 aromatic carbocycles. The molecule has 5 atom stereocenters. The minimum absolute atomic E-state index is 0.0271. The van der Waals surface area contributed by atoms with Crippen LogP contribution >= 0.6 is 0 Å². The van der Waals surface area contributed by atoms with Gasteiger partial charge in [0.1, 0.15) is 0 Å². The molecule has 0 aromatic rings. The van der Waals surface area contributed by atoms with Gasteiger partial charge < -0.3 is 18.9 Å². The molecule has 5 heteroatoms. The smallest absolute Gasteiger partial charge is 0.308 e. The molecular weight excluding hydrogens is 236 g/mol. The Balaban J connectivity index is 1.62. The van der Waals surface area contributed by atoms with Gasteiger partial charge in [0.05, 0.1) is 37.9 Å². The van der Waals surface area contributed by atoms with E-state index >= 15 is 0 Å². The zero-order chi connectivity index (χ0) is 12.9. The van der Waals surface area contributed by atoms with Crippen molar-refractivity contribution in [2.45, 2.75) is 63.3 Å². The molecule has 0 spiro atoms. The molecule has 0 radical (unpaired) electrons. The summed E-state index contributed by atoms with van der Waals surface area (Å²) < 4.78 is 22.4. The molecule has 3 aliphatic rings. The summed E-state index contributed by atoms with van der Waals surface area (Å²) in [6, 6.07) is 0. The zero-order valence-electron chi connectivity index (χ0n) is 11.0. The van der Waals surface area contributed by atoms with Crippen LogP contribution in [0.3, 0.4) is 0 Å². The molecule has 2 saturated heterocycles. The van der Waals surface area contributed by atoms with Crippen LogP contribution < -0.4 is 0 Å². The molecule has 0 aromatic heterocycles. The van der Waals surface area contributed by atoms with Crippen molar-refractivity contribution in [3.63, 3.8) is 0 Å². The second-order valence-corrected chi connectivity index (χ2v) is 5.85. The normalized spacial score (nSPS) is 44.7. The average molecular weight is 256 g/mol. The minimum atomic E-state index is -0.485. The van der Waals surface area contributed by atoms with Crippen molar-refractivity contribution in [3.05, 3.63) is 0 Å². The largest absolute Gasteiger partial charge is 0.469 e. The Hall–Kier alpha value is -0.650. The fourth-order valence-electron chi connectivity index (χ4n) is 3.47. The van der Waals surface area contributed by atoms with Crippen molar-refractivity contribution in [1.82, 2.24) is 0 Å². The average Bonchev–Trinajstić information content (AvgIpc) is 2.86. The number of hydrogen-bond donors (Lipinski definition) is 0. The Bertz CT molecular complexity index is 353. The van der Waals surface area contributed by atoms with Crippen molar-refractivity contribution in [2.24, 2.45) is 5.92 Å². The number of carbonyl (C=O) groups is 1. The highest BCUT2D eigenvalue weighted by Crippen LogP contribution is 2.48. The lowest BCUT2D eigenvalue weighted by Crippen LogP contribution is -2.27. The zero-order valence-corrected chi connectivity index (χ0v) is 11.0. The van der Waals surface area contributed by atoms with E-state index in [0.29, 0.717) is 12.3 Å². The topological polar surface area (TPSA) is 54.0 Å². The maximum absolute atomic E-state index is 11.3. The molecule has 1 saturated carbocycles. The molecule has 1 aliphatic carbocycles. The lowest BCUT2D eigenvalue weighted by Gasteiger charge is -2.21. The monoisotopic (exact) mass is 256 g/mol. The first-order chi connectivity index (χ1) is 8.48. The summed E-state index contributed by atoms with van der Waals surface area (Å²) in [5.74, 6) is -0.340. The maximum Gasteiger partial charge on any atom is 0.308 e. The predicted octanol–water partition coefficient (Wildman–Crippen LogP) is 1.25. The Morgan fingerprint density at radius 3 is 2.78 bits per heavy atom. The molecule has 2 aliphatic heterocycles. The van der Waals surface area contributed by atoms with Gasteiger partial charge in [-0.05, 0) is 20.3 Å². The fourth-order valence-corrected chi connectivity index (χ4v) is 3.47. The highest BCUT2D eigenvalue weighted by Gasteiger charge is 2.57. The summed E-state index contributed by atoms with van der Waals surface area (Å²) in [6.45, 7) is 3.89. The third-order valence-electron chi connectivity index (χ3n) is 4.11. The Labute approximate surface area is 107 Å². The van der Waals surface area contributed by atoms with Gasteiger partial charge in [-0.1, -0.05) is 0 Å². The summed E-state index contributed by atoms with van der Waals surface area (Å²) in [6.07, 6.45) is 2.48. The van der Waals surface area contributed by atoms with Gasteiger partial charge in [0, 0.05) is 12.3 Å². The van der Waals surface area contributed by atoms with Gasteiger partial charge in [0.25, 0.3) is 0 Å². The minimum Gasteiger partial charge on any atom is -0.469 e. The molecule has 0 bridgehead atoms. The number of fused-ring (bicyclic) bond motifs is 3. The number of esters is 1. The number of ether oxygens (including phenoxy) is 4. The van der Waals surface area contributed by atoms with Crippen molar-refractivity contribution in [1.29, 1.82) is 0 Å². The molecule has 102 valence electrons. The van der Waals surface area contributed by atoms with Gasteiger partial charge >= 0.3 is 5.97 Å². The van der Waals surface area contributed by atoms with E-state index in [0.717, 1.165) is 12.8 Å². The lowest BCUT2D eigenvalue weighted by atomic mass is 9.98. The van der Waals surface area contributed by atoms with Gasteiger partial charge in [-0.25, -0.2) is 0 Å². The Morgan fingerprint density at radius 2 is 2.06 bits per heavy atom. The van der Waals surface area contributed by atoms with E-state index in [4.69, 9.17) is 14.2 Å². The van der Waals surface area contributed by atoms with Crippen molar-refractivity contribution in [2.75, 3.05) is 7.11 Å². The molecule has 3 rings (SSSR count). The van der Waals surface area contributed by atoms with Crippen LogP contribution in [0, 0.1) is 5.92 Å². The highest BCUT2D eigenvalue weighted by molar-refractivity contribution is 5.69. The van der Waals surface area contributed by atoms with Crippen LogP contribution in [0.5, 0.6) is 0 Å². The summed E-state index contributed by atoms with van der Waals surface area (Å²) in [5, 5.41) is 0. The molecule has 3 fully saturated rings. The number of rotatable bonds is 2. The van der Waals surface area contributed by atoms with Gasteiger partial charge in [-0.2, -0.15) is 0 Å². The van der Waals surface area contributed by atoms with Crippen molar-refractivity contribution < 1.29 is 23.7 Å². The van der Waals surface area contributed by atoms with Crippen LogP contribution in [0.15, 0.2) is 0 Å². The second kappa shape index (κ2) is 4.18. The van der Waals surface area contributed by atoms with E-state index in [1.807, 2.05) is 13.8 Å². The first kappa shape index (κ1) is 12.4. The van der Waals surface area contributed by atoms with Crippen LogP contribution in [0.2, 0.25) is 0 Å². The molecular formula is C13H20O5. The molecule has 18 heavy (non-hydrogen) atoms. The number of hydrogen-bond acceptors (Lipinski definition) is 5. The quantitative estimate of drug-likeness (QED) is 0.696. The van der Waals surface area contributed by atoms with Crippen LogP contribution in [0.25, 0.3) is 0 Å². The Morgan fingerprint density at radius 1 is 1.28 bits per heavy atom. The summed E-state index contributed by atoms with van der Waals surface area (Å²) in [7, 11) is 1.41. The van der Waals surface area contributed by atoms with Crippen LogP contribution in [0.1, 0.15) is 33.1 Å². The third-order valence-corrected chi connectivity index (χ3v) is 4.11. The molecule has 0 unspecified atom stereocenters. The maximum atomic E-state index is 11.3. The lowest BCUT2D eigenvalue weighted by molar-refractivity contribution is -0.161. The van der Waals surface area contributed by atoms with Gasteiger partial charge in [0.15, 0.2) is 5.79 Å². The summed E-state index contributed by atoms with van der Waals surface area (Å²) >= 11 is 0. The Kier molecular flexibility index (Phi) is 2.88. The van der Waals surface area contributed by atoms with Gasteiger partial charge in [-0.3, -0.25) is 4.79 Å². The van der Waals surface area contributed by atoms with Crippen LogP contribution in [-0.2, 0) is 23.7 Å². The predicted molar refractivity (Wildman–Crippen MR) is 61.8 cm³/mol. The molecule has 0 N–H and O–H groups in total. The van der Waals surface area contributed by atoms with E-state index in [1.54, 1.807) is 0 Å². The second-order valence-electron chi connectivity index (χ2n) is 5.85. The van der Waals surface area contributed by atoms with E-state index in [9.17, 15) is 4.79 Å². The number of carbonyl (C=O) groups excluding carboxylic acids is 1. The van der Waals surface area contributed by atoms with E-state index in [1.165, 1.54) is 7.11 Å². The molecule has 0 amide bonds. The summed E-state index contributed by atoms with van der Waals surface area (Å²) in [4.78, 5) is 11.3. The standard InChI is InChI=1S/C13H20O5/c1-13(2)17-10-6-9-8(12(10)18-13)4-7(16-9)5-11(14)15-3/h7-10,12H,4-6H2,1-3H3/t7-,8-,9-,10-,12+/m0/s1. The third kappa shape index (κ3) is 2.04. The number of methoxy groups -OCH3 is 1. The van der Waals surface area contributed by atoms with E-state index in [-0.39, 0.29) is 30.4 Å². The first-order valence-corrected chi connectivity index (χ1v) is 6.56. The van der Waals surface area contributed by atoms with Crippen LogP contribution in [-0.4, -0.2) is 43.3 Å². The molecule has 5 nitrogen and oxygen atoms in total. The fraction of sp³-hybridized carbons (Fsp3) is 0.923. The van der Waals surface area contributed by atoms with Crippen molar-refractivity contribution in [3.8, 4) is 0 Å². The van der Waals surface area contributed by atoms with Gasteiger partial charge in [-0.15, -0.1) is 0 Å². The van der Waals surface area contributed by atoms with E-state index in [2.05, 4.69) is 4.74 Å². The molecule has 2 heterocycles. The van der Waals surface area contributed by atoms with E-state index < -0.39 is 5.79 Å². The first-order valence-electron chi connectivity index (χ1n) is 6.56. The van der Waals surface area contributed by atoms with Crippen molar-refractivity contribution >= 4 is 5.97 Å². The SMILES string of the molecule is COC(=O)C[C@@H]1C[C@@H]2[C@H]3OC(C)(C)O[C@H]3C[C@@H]2O1. The van der Waals surface area contributed by atoms with Gasteiger partial charge in [0.2, 0.25) is 0 Å². The summed E-state index contributed by atoms with van der Waals surface area (Å²) in [5.41, 5.74) is 0. The van der Waals surface area contributed by atoms with Crippen LogP contribution in [0.4, 0.5) is 0 Å².